The van der Waals surface area contributed by atoms with Crippen LogP contribution in [0.15, 0.2) is 243 Å². The van der Waals surface area contributed by atoms with Gasteiger partial charge in [0.15, 0.2) is 8.07 Å². The molecule has 0 radical (unpaired) electrons. The largest absolute Gasteiger partial charge is 0.309 e. The molecule has 0 aliphatic heterocycles. The molecule has 0 bridgehead atoms. The molecule has 4 heteroatoms. The predicted octanol–water partition coefficient (Wildman–Crippen LogP) is 13.3. The first-order chi connectivity index (χ1) is 31.8. The standard InChI is InChI=1S/C60H40N2SSi/c1-4-20-43(21-5-1)64(44-22-6-2-7-23-44,45-24-8-3-9-25-45)46-26-16-19-41(39-46)61-53-32-13-10-27-47(53)52-40-42(37-38-55(52)61)62-54-33-14-11-28-50(54)59-48(30-17-34-56(59)62)49-31-18-36-58-60(49)51-29-12-15-35-57(51)63-58/h1-40H. The van der Waals surface area contributed by atoms with Crippen molar-refractivity contribution in [3.8, 4) is 22.5 Å². The molecule has 2 nitrogen and oxygen atoms in total. The molecule has 0 saturated heterocycles. The third kappa shape index (κ3) is 5.43. The summed E-state index contributed by atoms with van der Waals surface area (Å²) in [5.74, 6) is 0. The van der Waals surface area contributed by atoms with Gasteiger partial charge in [-0.15, -0.1) is 11.3 Å². The highest BCUT2D eigenvalue weighted by molar-refractivity contribution is 7.26. The van der Waals surface area contributed by atoms with E-state index >= 15 is 0 Å². The summed E-state index contributed by atoms with van der Waals surface area (Å²) < 4.78 is 7.60. The Labute approximate surface area is 376 Å². The fourth-order valence-electron chi connectivity index (χ4n) is 10.8. The summed E-state index contributed by atoms with van der Waals surface area (Å²) in [6.45, 7) is 0. The minimum absolute atomic E-state index is 1.15. The first kappa shape index (κ1) is 36.9. The quantitative estimate of drug-likeness (QED) is 0.112. The Morgan fingerprint density at radius 2 is 0.750 bits per heavy atom. The Morgan fingerprint density at radius 3 is 1.45 bits per heavy atom. The van der Waals surface area contributed by atoms with Crippen LogP contribution in [0.1, 0.15) is 0 Å². The Bertz CT molecular complexity index is 3800. The van der Waals surface area contributed by atoms with E-state index in [1.807, 2.05) is 11.3 Å². The molecule has 3 aromatic heterocycles. The zero-order valence-electron chi connectivity index (χ0n) is 34.9. The van der Waals surface area contributed by atoms with E-state index in [4.69, 9.17) is 0 Å². The average molecular weight is 849 g/mol. The van der Waals surface area contributed by atoms with Gasteiger partial charge in [-0.1, -0.05) is 182 Å². The number of aromatic nitrogens is 2. The normalized spacial score (nSPS) is 12.1. The van der Waals surface area contributed by atoms with Gasteiger partial charge in [-0.25, -0.2) is 0 Å². The number of benzene rings is 10. The smallest absolute Gasteiger partial charge is 0.179 e. The van der Waals surface area contributed by atoms with E-state index in [1.54, 1.807) is 0 Å². The van der Waals surface area contributed by atoms with Crippen LogP contribution in [0, 0.1) is 0 Å². The zero-order chi connectivity index (χ0) is 42.2. The summed E-state index contributed by atoms with van der Waals surface area (Å²) in [6.07, 6.45) is 0. The molecule has 0 aliphatic carbocycles. The molecule has 0 saturated carbocycles. The first-order valence-corrected chi connectivity index (χ1v) is 24.8. The maximum absolute atomic E-state index is 2.75. The van der Waals surface area contributed by atoms with Crippen molar-refractivity contribution >= 4 is 104 Å². The van der Waals surface area contributed by atoms with Crippen LogP contribution in [-0.4, -0.2) is 17.2 Å². The van der Waals surface area contributed by atoms with Crippen LogP contribution < -0.4 is 20.7 Å². The molecular weight excluding hydrogens is 809 g/mol. The van der Waals surface area contributed by atoms with Crippen LogP contribution in [0.3, 0.4) is 0 Å². The molecule has 0 amide bonds. The van der Waals surface area contributed by atoms with Crippen molar-refractivity contribution in [1.82, 2.24) is 9.13 Å². The lowest BCUT2D eigenvalue weighted by Crippen LogP contribution is -2.74. The predicted molar refractivity (Wildman–Crippen MR) is 277 cm³/mol. The number of nitrogens with zero attached hydrogens (tertiary/aromatic N) is 2. The second-order valence-corrected chi connectivity index (χ2v) is 21.7. The molecular formula is C60H40N2SSi. The van der Waals surface area contributed by atoms with Gasteiger partial charge < -0.3 is 9.13 Å². The van der Waals surface area contributed by atoms with Gasteiger partial charge in [0.1, 0.15) is 0 Å². The van der Waals surface area contributed by atoms with Crippen LogP contribution in [0.2, 0.25) is 0 Å². The van der Waals surface area contributed by atoms with Crippen LogP contribution in [0.5, 0.6) is 0 Å². The lowest BCUT2D eigenvalue weighted by molar-refractivity contribution is 1.17. The van der Waals surface area contributed by atoms with E-state index < -0.39 is 8.07 Å². The van der Waals surface area contributed by atoms with Crippen molar-refractivity contribution in [3.63, 3.8) is 0 Å². The number of fused-ring (bicyclic) bond motifs is 9. The summed E-state index contributed by atoms with van der Waals surface area (Å²) in [7, 11) is -2.75. The third-order valence-corrected chi connectivity index (χ3v) is 19.4. The fraction of sp³-hybridized carbons (Fsp3) is 0. The highest BCUT2D eigenvalue weighted by Crippen LogP contribution is 2.45. The van der Waals surface area contributed by atoms with Gasteiger partial charge in [0.2, 0.25) is 0 Å². The number of hydrogen-bond acceptors (Lipinski definition) is 1. The highest BCUT2D eigenvalue weighted by atomic mass is 32.1. The van der Waals surface area contributed by atoms with Gasteiger partial charge >= 0.3 is 0 Å². The van der Waals surface area contributed by atoms with Gasteiger partial charge in [0.25, 0.3) is 0 Å². The summed E-state index contributed by atoms with van der Waals surface area (Å²) >= 11 is 1.88. The van der Waals surface area contributed by atoms with E-state index in [0.29, 0.717) is 0 Å². The summed E-state index contributed by atoms with van der Waals surface area (Å²) in [6, 6.07) is 90.4. The van der Waals surface area contributed by atoms with E-state index in [9.17, 15) is 0 Å². The minimum Gasteiger partial charge on any atom is -0.309 e. The van der Waals surface area contributed by atoms with Crippen molar-refractivity contribution in [3.05, 3.63) is 243 Å². The van der Waals surface area contributed by atoms with E-state index in [2.05, 4.69) is 252 Å². The Kier molecular flexibility index (Phi) is 8.45. The fourth-order valence-corrected chi connectivity index (χ4v) is 16.8. The third-order valence-electron chi connectivity index (χ3n) is 13.5. The number of para-hydroxylation sites is 2. The lowest BCUT2D eigenvalue weighted by Gasteiger charge is -2.34. The van der Waals surface area contributed by atoms with Gasteiger partial charge in [-0.3, -0.25) is 0 Å². The Hall–Kier alpha value is -7.76. The van der Waals surface area contributed by atoms with Gasteiger partial charge in [0, 0.05) is 53.1 Å². The van der Waals surface area contributed by atoms with Crippen LogP contribution in [-0.2, 0) is 0 Å². The maximum Gasteiger partial charge on any atom is 0.179 e. The molecule has 0 aliphatic rings. The SMILES string of the molecule is c1ccc([Si](c2ccccc2)(c2ccccc2)c2cccc(-n3c4ccccc4c4cc(-n5c6ccccc6c6c(-c7cccc8sc9ccccc9c78)cccc65)ccc43)c2)cc1. The highest BCUT2D eigenvalue weighted by Gasteiger charge is 2.41. The lowest BCUT2D eigenvalue weighted by atomic mass is 9.95. The van der Waals surface area contributed by atoms with E-state index in [1.165, 1.54) is 95.7 Å². The number of rotatable bonds is 7. The van der Waals surface area contributed by atoms with Crippen molar-refractivity contribution in [1.29, 1.82) is 0 Å². The van der Waals surface area contributed by atoms with Crippen LogP contribution in [0.25, 0.3) is 86.3 Å². The van der Waals surface area contributed by atoms with Crippen molar-refractivity contribution in [2.24, 2.45) is 0 Å². The zero-order valence-corrected chi connectivity index (χ0v) is 36.7. The average Bonchev–Trinajstić information content (AvgIpc) is 4.03. The second-order valence-electron chi connectivity index (χ2n) is 16.8. The summed E-state index contributed by atoms with van der Waals surface area (Å²) in [5, 5.41) is 13.1. The van der Waals surface area contributed by atoms with Crippen LogP contribution in [0.4, 0.5) is 0 Å². The molecule has 3 heterocycles. The Morgan fingerprint density at radius 1 is 0.281 bits per heavy atom. The minimum atomic E-state index is -2.75. The molecule has 0 N–H and O–H groups in total. The molecule has 0 unspecified atom stereocenters. The van der Waals surface area contributed by atoms with Gasteiger partial charge in [-0.2, -0.15) is 0 Å². The molecule has 64 heavy (non-hydrogen) atoms. The van der Waals surface area contributed by atoms with Crippen molar-refractivity contribution in [2.45, 2.75) is 0 Å². The molecule has 0 atom stereocenters. The first-order valence-electron chi connectivity index (χ1n) is 22.0. The summed E-state index contributed by atoms with van der Waals surface area (Å²) in [5.41, 5.74) is 9.64. The van der Waals surface area contributed by atoms with E-state index in [0.717, 1.165) is 11.4 Å². The molecule has 13 rings (SSSR count). The molecule has 300 valence electrons. The van der Waals surface area contributed by atoms with Gasteiger partial charge in [0.05, 0.1) is 22.1 Å². The molecule has 10 aromatic carbocycles. The summed E-state index contributed by atoms with van der Waals surface area (Å²) in [4.78, 5) is 0. The van der Waals surface area contributed by atoms with E-state index in [-0.39, 0.29) is 0 Å². The molecule has 0 fully saturated rings. The van der Waals surface area contributed by atoms with Crippen molar-refractivity contribution < 1.29 is 0 Å². The van der Waals surface area contributed by atoms with Crippen LogP contribution >= 0.6 is 11.3 Å². The number of thiophene rings is 1. The van der Waals surface area contributed by atoms with Crippen molar-refractivity contribution in [2.75, 3.05) is 0 Å². The Balaban J connectivity index is 1.03. The maximum atomic E-state index is 2.48. The molecule has 0 spiro atoms. The second kappa shape index (κ2) is 14.7. The monoisotopic (exact) mass is 848 g/mol. The van der Waals surface area contributed by atoms with Gasteiger partial charge in [-0.05, 0) is 92.5 Å². The number of hydrogen-bond donors (Lipinski definition) is 0. The topological polar surface area (TPSA) is 9.86 Å². The molecule has 13 aromatic rings.